The number of nitro benzene ring substituents is 1. The van der Waals surface area contributed by atoms with Crippen LogP contribution in [0, 0.1) is 15.9 Å². The topological polar surface area (TPSA) is 128 Å². The number of hydrogen-bond acceptors (Lipinski definition) is 6. The van der Waals surface area contributed by atoms with E-state index in [2.05, 4.69) is 15.7 Å². The summed E-state index contributed by atoms with van der Waals surface area (Å²) in [6.45, 7) is 5.09. The fraction of sp³-hybridized carbons (Fsp3) is 0.190. The largest absolute Gasteiger partial charge is 0.444 e. The zero-order chi connectivity index (χ0) is 23.5. The maximum absolute atomic E-state index is 13.8. The predicted molar refractivity (Wildman–Crippen MR) is 114 cm³/mol. The van der Waals surface area contributed by atoms with Gasteiger partial charge in [0.15, 0.2) is 0 Å². The molecule has 0 aliphatic carbocycles. The van der Waals surface area contributed by atoms with Crippen molar-refractivity contribution in [2.45, 2.75) is 26.4 Å². The number of aromatic nitrogens is 2. The first-order valence-corrected chi connectivity index (χ1v) is 9.42. The van der Waals surface area contributed by atoms with Gasteiger partial charge >= 0.3 is 6.09 Å². The van der Waals surface area contributed by atoms with E-state index in [1.165, 1.54) is 47.4 Å². The zero-order valence-electron chi connectivity index (χ0n) is 17.5. The van der Waals surface area contributed by atoms with E-state index in [1.54, 1.807) is 20.8 Å². The monoisotopic (exact) mass is 441 g/mol. The summed E-state index contributed by atoms with van der Waals surface area (Å²) in [5, 5.41) is 19.9. The fourth-order valence-electron chi connectivity index (χ4n) is 2.65. The molecule has 0 aliphatic rings. The highest BCUT2D eigenvalue weighted by Crippen LogP contribution is 2.25. The average molecular weight is 441 g/mol. The summed E-state index contributed by atoms with van der Waals surface area (Å²) in [6, 6.07) is 9.11. The van der Waals surface area contributed by atoms with Gasteiger partial charge in [-0.25, -0.2) is 13.9 Å². The Morgan fingerprint density at radius 3 is 2.41 bits per heavy atom. The molecule has 10 nitrogen and oxygen atoms in total. The molecule has 3 aromatic rings. The smallest absolute Gasteiger partial charge is 0.412 e. The van der Waals surface area contributed by atoms with Crippen LogP contribution in [0.3, 0.4) is 0 Å². The normalized spacial score (nSPS) is 11.0. The second kappa shape index (κ2) is 8.84. The number of hydrogen-bond donors (Lipinski definition) is 2. The molecule has 0 atom stereocenters. The Balaban J connectivity index is 1.77. The molecule has 0 radical (unpaired) electrons. The van der Waals surface area contributed by atoms with Crippen LogP contribution in [-0.4, -0.2) is 32.3 Å². The third-order valence-electron chi connectivity index (χ3n) is 4.04. The van der Waals surface area contributed by atoms with Crippen molar-refractivity contribution in [3.8, 4) is 5.69 Å². The number of benzene rings is 2. The second-order valence-corrected chi connectivity index (χ2v) is 7.72. The lowest BCUT2D eigenvalue weighted by atomic mass is 10.2. The van der Waals surface area contributed by atoms with Crippen molar-refractivity contribution >= 4 is 29.1 Å². The average Bonchev–Trinajstić information content (AvgIpc) is 3.19. The number of nitro groups is 1. The van der Waals surface area contributed by atoms with Gasteiger partial charge in [0.25, 0.3) is 11.6 Å². The highest BCUT2D eigenvalue weighted by Gasteiger charge is 2.19. The number of nitrogens with zero attached hydrogens (tertiary/aromatic N) is 3. The summed E-state index contributed by atoms with van der Waals surface area (Å²) in [7, 11) is 0. The van der Waals surface area contributed by atoms with Crippen molar-refractivity contribution in [2.24, 2.45) is 0 Å². The van der Waals surface area contributed by atoms with Crippen LogP contribution in [0.5, 0.6) is 0 Å². The zero-order valence-corrected chi connectivity index (χ0v) is 17.5. The van der Waals surface area contributed by atoms with Crippen molar-refractivity contribution in [3.05, 3.63) is 76.4 Å². The van der Waals surface area contributed by atoms with Gasteiger partial charge < -0.3 is 10.1 Å². The fourth-order valence-corrected chi connectivity index (χ4v) is 2.65. The van der Waals surface area contributed by atoms with Crippen LogP contribution in [0.2, 0.25) is 0 Å². The molecule has 0 spiro atoms. The van der Waals surface area contributed by atoms with Gasteiger partial charge in [-0.15, -0.1) is 0 Å². The van der Waals surface area contributed by atoms with Crippen molar-refractivity contribution < 1.29 is 23.6 Å². The molecule has 0 fully saturated rings. The summed E-state index contributed by atoms with van der Waals surface area (Å²) in [5.74, 6) is -1.22. The lowest BCUT2D eigenvalue weighted by Gasteiger charge is -2.20. The van der Waals surface area contributed by atoms with E-state index in [1.807, 2.05) is 0 Å². The van der Waals surface area contributed by atoms with Crippen LogP contribution in [-0.2, 0) is 4.74 Å². The Bertz CT molecular complexity index is 1170. The summed E-state index contributed by atoms with van der Waals surface area (Å²) in [4.78, 5) is 35.0. The SMILES string of the molecule is CC(C)(C)OC(=O)Nc1ccc(F)cc1NC(=O)c1cnn(-c2ccc([N+](=O)[O-])cc2)c1. The maximum atomic E-state index is 13.8. The van der Waals surface area contributed by atoms with Gasteiger partial charge in [-0.3, -0.25) is 20.2 Å². The molecule has 166 valence electrons. The second-order valence-electron chi connectivity index (χ2n) is 7.72. The number of amides is 2. The highest BCUT2D eigenvalue weighted by atomic mass is 19.1. The Kier molecular flexibility index (Phi) is 6.19. The van der Waals surface area contributed by atoms with Gasteiger partial charge in [0, 0.05) is 18.3 Å². The molecule has 2 N–H and O–H groups in total. The van der Waals surface area contributed by atoms with Crippen LogP contribution >= 0.6 is 0 Å². The van der Waals surface area contributed by atoms with Gasteiger partial charge in [0.2, 0.25) is 0 Å². The standard InChI is InChI=1S/C21H20FN5O5/c1-21(2,3)32-20(29)25-17-9-4-14(22)10-18(17)24-19(28)13-11-23-26(12-13)15-5-7-16(8-6-15)27(30)31/h4-12H,1-3H3,(H,24,28)(H,25,29). The van der Waals surface area contributed by atoms with Crippen molar-refractivity contribution in [1.82, 2.24) is 9.78 Å². The number of nitrogens with one attached hydrogen (secondary N) is 2. The molecule has 2 amide bonds. The number of halogens is 1. The molecule has 11 heteroatoms. The van der Waals surface area contributed by atoms with E-state index in [4.69, 9.17) is 4.74 Å². The number of carbonyl (C=O) groups excluding carboxylic acids is 2. The van der Waals surface area contributed by atoms with Crippen LogP contribution in [0.4, 0.5) is 26.2 Å². The van der Waals surface area contributed by atoms with Crippen LogP contribution in [0.25, 0.3) is 5.69 Å². The van der Waals surface area contributed by atoms with E-state index in [0.717, 1.165) is 12.1 Å². The first kappa shape index (κ1) is 22.4. The molecule has 1 aromatic heterocycles. The first-order valence-electron chi connectivity index (χ1n) is 9.42. The van der Waals surface area contributed by atoms with Gasteiger partial charge in [0.05, 0.1) is 33.7 Å². The maximum Gasteiger partial charge on any atom is 0.412 e. The van der Waals surface area contributed by atoms with E-state index in [0.29, 0.717) is 5.69 Å². The van der Waals surface area contributed by atoms with E-state index >= 15 is 0 Å². The Morgan fingerprint density at radius 1 is 1.09 bits per heavy atom. The first-order chi connectivity index (χ1) is 15.0. The lowest BCUT2D eigenvalue weighted by molar-refractivity contribution is -0.384. The number of non-ortho nitro benzene ring substituents is 1. The molecule has 2 aromatic carbocycles. The van der Waals surface area contributed by atoms with Crippen LogP contribution in [0.15, 0.2) is 54.9 Å². The highest BCUT2D eigenvalue weighted by molar-refractivity contribution is 6.06. The van der Waals surface area contributed by atoms with Gasteiger partial charge in [-0.1, -0.05) is 0 Å². The summed E-state index contributed by atoms with van der Waals surface area (Å²) in [5.41, 5.74) is 0.0270. The van der Waals surface area contributed by atoms with Crippen LogP contribution < -0.4 is 10.6 Å². The van der Waals surface area contributed by atoms with E-state index < -0.39 is 28.3 Å². The minimum atomic E-state index is -0.759. The summed E-state index contributed by atoms with van der Waals surface area (Å²) >= 11 is 0. The Morgan fingerprint density at radius 2 is 1.78 bits per heavy atom. The Hall–Kier alpha value is -4.28. The number of ether oxygens (including phenoxy) is 1. The van der Waals surface area contributed by atoms with E-state index in [9.17, 15) is 24.1 Å². The third kappa shape index (κ3) is 5.65. The predicted octanol–water partition coefficient (Wildman–Crippen LogP) is 4.52. The molecular weight excluding hydrogens is 421 g/mol. The molecule has 1 heterocycles. The van der Waals surface area contributed by atoms with Crippen molar-refractivity contribution in [1.29, 1.82) is 0 Å². The molecule has 0 unspecified atom stereocenters. The van der Waals surface area contributed by atoms with Gasteiger partial charge in [0.1, 0.15) is 11.4 Å². The van der Waals surface area contributed by atoms with Gasteiger partial charge in [-0.05, 0) is 51.1 Å². The van der Waals surface area contributed by atoms with Crippen molar-refractivity contribution in [3.63, 3.8) is 0 Å². The molecule has 0 saturated carbocycles. The number of rotatable bonds is 5. The summed E-state index contributed by atoms with van der Waals surface area (Å²) < 4.78 is 20.3. The number of anilines is 2. The molecule has 0 aliphatic heterocycles. The van der Waals surface area contributed by atoms with Crippen LogP contribution in [0.1, 0.15) is 31.1 Å². The molecule has 0 saturated heterocycles. The van der Waals surface area contributed by atoms with E-state index in [-0.39, 0.29) is 22.6 Å². The molecular formula is C21H20FN5O5. The quantitative estimate of drug-likeness (QED) is 0.442. The van der Waals surface area contributed by atoms with Crippen molar-refractivity contribution in [2.75, 3.05) is 10.6 Å². The Labute approximate surface area is 182 Å². The molecule has 0 bridgehead atoms. The minimum absolute atomic E-state index is 0.0314. The van der Waals surface area contributed by atoms with Gasteiger partial charge in [-0.2, -0.15) is 5.10 Å². The molecule has 3 rings (SSSR count). The third-order valence-corrected chi connectivity index (χ3v) is 4.04. The minimum Gasteiger partial charge on any atom is -0.444 e. The summed E-state index contributed by atoms with van der Waals surface area (Å²) in [6.07, 6.45) is 1.94. The molecule has 32 heavy (non-hydrogen) atoms. The number of carbonyl (C=O) groups is 2. The lowest BCUT2D eigenvalue weighted by Crippen LogP contribution is -2.27.